The van der Waals surface area contributed by atoms with Crippen molar-refractivity contribution in [2.75, 3.05) is 13.7 Å². The molecule has 8 heteroatoms. The molecule has 4 rings (SSSR count). The summed E-state index contributed by atoms with van der Waals surface area (Å²) in [7, 11) is 1.55. The molecule has 0 aromatic heterocycles. The van der Waals surface area contributed by atoms with Crippen molar-refractivity contribution < 1.29 is 28.5 Å². The zero-order valence-electron chi connectivity index (χ0n) is 21.6. The largest absolute Gasteiger partial charge is 0.497 e. The molecule has 0 aliphatic rings. The van der Waals surface area contributed by atoms with E-state index in [9.17, 15) is 9.59 Å². The van der Waals surface area contributed by atoms with Gasteiger partial charge in [-0.1, -0.05) is 30.3 Å². The fraction of sp³-hybridized carbons (Fsp3) is 0.129. The van der Waals surface area contributed by atoms with Crippen LogP contribution < -0.4 is 24.4 Å². The van der Waals surface area contributed by atoms with Crippen LogP contribution in [-0.4, -0.2) is 31.8 Å². The fourth-order valence-corrected chi connectivity index (χ4v) is 3.52. The third kappa shape index (κ3) is 7.69. The molecule has 39 heavy (non-hydrogen) atoms. The molecule has 0 spiro atoms. The van der Waals surface area contributed by atoms with Gasteiger partial charge in [0.25, 0.3) is 5.91 Å². The van der Waals surface area contributed by atoms with Gasteiger partial charge in [-0.2, -0.15) is 5.10 Å². The Morgan fingerprint density at radius 1 is 0.795 bits per heavy atom. The van der Waals surface area contributed by atoms with Crippen LogP contribution in [0.4, 0.5) is 0 Å². The zero-order chi connectivity index (χ0) is 27.5. The number of methoxy groups -OCH3 is 1. The highest BCUT2D eigenvalue weighted by atomic mass is 16.6. The molecule has 0 heterocycles. The van der Waals surface area contributed by atoms with E-state index in [1.807, 2.05) is 37.3 Å². The van der Waals surface area contributed by atoms with Crippen molar-refractivity contribution in [3.05, 3.63) is 119 Å². The van der Waals surface area contributed by atoms with Gasteiger partial charge >= 0.3 is 5.97 Å². The Balaban J connectivity index is 1.34. The number of carbonyl (C=O) groups is 2. The molecule has 0 bridgehead atoms. The first kappa shape index (κ1) is 26.9. The van der Waals surface area contributed by atoms with E-state index >= 15 is 0 Å². The summed E-state index contributed by atoms with van der Waals surface area (Å²) in [5.74, 6) is 1.06. The molecule has 0 aliphatic carbocycles. The summed E-state index contributed by atoms with van der Waals surface area (Å²) in [6, 6.07) is 28.3. The summed E-state index contributed by atoms with van der Waals surface area (Å²) < 4.78 is 22.1. The molecule has 8 nitrogen and oxygen atoms in total. The van der Waals surface area contributed by atoms with Gasteiger partial charge in [-0.3, -0.25) is 4.79 Å². The predicted molar refractivity (Wildman–Crippen MR) is 148 cm³/mol. The zero-order valence-corrected chi connectivity index (χ0v) is 21.6. The first-order valence-corrected chi connectivity index (χ1v) is 12.3. The van der Waals surface area contributed by atoms with E-state index in [-0.39, 0.29) is 11.7 Å². The van der Waals surface area contributed by atoms with Crippen LogP contribution in [0.5, 0.6) is 23.0 Å². The van der Waals surface area contributed by atoms with Crippen LogP contribution in [0.15, 0.2) is 102 Å². The molecule has 4 aromatic carbocycles. The van der Waals surface area contributed by atoms with Crippen LogP contribution in [0, 0.1) is 0 Å². The maximum atomic E-state index is 12.6. The van der Waals surface area contributed by atoms with Gasteiger partial charge in [-0.05, 0) is 84.8 Å². The lowest BCUT2D eigenvalue weighted by Crippen LogP contribution is -2.17. The molecule has 0 saturated heterocycles. The fourth-order valence-electron chi connectivity index (χ4n) is 3.52. The molecule has 0 unspecified atom stereocenters. The number of hydrazone groups is 1. The maximum absolute atomic E-state index is 12.6. The molecule has 1 N–H and O–H groups in total. The lowest BCUT2D eigenvalue weighted by Gasteiger charge is -2.11. The van der Waals surface area contributed by atoms with E-state index in [1.165, 1.54) is 6.21 Å². The molecule has 0 aliphatic heterocycles. The van der Waals surface area contributed by atoms with Crippen molar-refractivity contribution >= 4 is 18.1 Å². The van der Waals surface area contributed by atoms with Crippen molar-refractivity contribution in [2.45, 2.75) is 13.5 Å². The summed E-state index contributed by atoms with van der Waals surface area (Å²) in [4.78, 5) is 25.0. The smallest absolute Gasteiger partial charge is 0.343 e. The van der Waals surface area contributed by atoms with E-state index in [0.29, 0.717) is 47.2 Å². The number of nitrogens with one attached hydrogen (secondary N) is 1. The minimum absolute atomic E-state index is 0.272. The summed E-state index contributed by atoms with van der Waals surface area (Å²) in [5.41, 5.74) is 5.03. The van der Waals surface area contributed by atoms with Gasteiger partial charge in [0, 0.05) is 5.56 Å². The summed E-state index contributed by atoms with van der Waals surface area (Å²) >= 11 is 0. The highest BCUT2D eigenvalue weighted by molar-refractivity contribution is 5.95. The second-order valence-corrected chi connectivity index (χ2v) is 8.25. The Labute approximate surface area is 226 Å². The van der Waals surface area contributed by atoms with Crippen molar-refractivity contribution in [1.29, 1.82) is 0 Å². The number of carbonyl (C=O) groups excluding carboxylic acids is 2. The Morgan fingerprint density at radius 2 is 1.49 bits per heavy atom. The highest BCUT2D eigenvalue weighted by Crippen LogP contribution is 2.29. The quantitative estimate of drug-likeness (QED) is 0.118. The third-order valence-electron chi connectivity index (χ3n) is 5.54. The van der Waals surface area contributed by atoms with Crippen LogP contribution in [0.1, 0.15) is 38.8 Å². The van der Waals surface area contributed by atoms with Crippen LogP contribution in [0.3, 0.4) is 0 Å². The van der Waals surface area contributed by atoms with Crippen molar-refractivity contribution in [3.63, 3.8) is 0 Å². The Hall–Kier alpha value is -5.11. The van der Waals surface area contributed by atoms with Gasteiger partial charge in [-0.15, -0.1) is 0 Å². The van der Waals surface area contributed by atoms with Gasteiger partial charge in [-0.25, -0.2) is 10.2 Å². The predicted octanol–water partition coefficient (Wildman–Crippen LogP) is 5.66. The first-order valence-electron chi connectivity index (χ1n) is 12.3. The number of ether oxygens (including phenoxy) is 4. The van der Waals surface area contributed by atoms with Gasteiger partial charge in [0.2, 0.25) is 0 Å². The molecule has 0 atom stereocenters. The number of amides is 1. The number of rotatable bonds is 11. The first-order chi connectivity index (χ1) is 19.1. The SMILES string of the molecule is CCOc1cc(C=NNC(=O)c2ccc(OCc3ccccc3)cc2)ccc1OC(=O)c1ccc(OC)cc1. The van der Waals surface area contributed by atoms with Gasteiger partial charge < -0.3 is 18.9 Å². The molecule has 0 fully saturated rings. The second kappa shape index (κ2) is 13.4. The van der Waals surface area contributed by atoms with Crippen molar-refractivity contribution in [1.82, 2.24) is 5.43 Å². The van der Waals surface area contributed by atoms with Gasteiger partial charge in [0.15, 0.2) is 11.5 Å². The highest BCUT2D eigenvalue weighted by Gasteiger charge is 2.13. The van der Waals surface area contributed by atoms with E-state index in [2.05, 4.69) is 10.5 Å². The molecule has 0 radical (unpaired) electrons. The van der Waals surface area contributed by atoms with E-state index in [1.54, 1.807) is 73.8 Å². The second-order valence-electron chi connectivity index (χ2n) is 8.25. The molecular formula is C31H28N2O6. The average molecular weight is 525 g/mol. The maximum Gasteiger partial charge on any atom is 0.343 e. The van der Waals surface area contributed by atoms with Crippen LogP contribution in [-0.2, 0) is 6.61 Å². The average Bonchev–Trinajstić information content (AvgIpc) is 2.98. The van der Waals surface area contributed by atoms with Crippen LogP contribution >= 0.6 is 0 Å². The standard InChI is InChI=1S/C31H28N2O6/c1-3-37-29-19-23(9-18-28(29)39-31(35)25-12-14-26(36-2)15-13-25)20-32-33-30(34)24-10-16-27(17-11-24)38-21-22-7-5-4-6-8-22/h4-20H,3,21H2,1-2H3,(H,33,34). The number of nitrogens with zero attached hydrogens (tertiary/aromatic N) is 1. The van der Waals surface area contributed by atoms with E-state index < -0.39 is 5.97 Å². The Morgan fingerprint density at radius 3 is 2.18 bits per heavy atom. The Bertz CT molecular complexity index is 1420. The third-order valence-corrected chi connectivity index (χ3v) is 5.54. The van der Waals surface area contributed by atoms with Crippen LogP contribution in [0.25, 0.3) is 0 Å². The summed E-state index contributed by atoms with van der Waals surface area (Å²) in [6.07, 6.45) is 1.48. The normalized spacial score (nSPS) is 10.6. The molecular weight excluding hydrogens is 496 g/mol. The summed E-state index contributed by atoms with van der Waals surface area (Å²) in [6.45, 7) is 2.64. The van der Waals surface area contributed by atoms with Gasteiger partial charge in [0.05, 0.1) is 25.5 Å². The van der Waals surface area contributed by atoms with Gasteiger partial charge in [0.1, 0.15) is 18.1 Å². The topological polar surface area (TPSA) is 95.5 Å². The molecule has 4 aromatic rings. The monoisotopic (exact) mass is 524 g/mol. The lowest BCUT2D eigenvalue weighted by molar-refractivity contribution is 0.0728. The van der Waals surface area contributed by atoms with Crippen LogP contribution in [0.2, 0.25) is 0 Å². The lowest BCUT2D eigenvalue weighted by atomic mass is 10.2. The number of hydrogen-bond acceptors (Lipinski definition) is 7. The van der Waals surface area contributed by atoms with Crippen molar-refractivity contribution in [3.8, 4) is 23.0 Å². The number of hydrogen-bond donors (Lipinski definition) is 1. The molecule has 1 amide bonds. The van der Waals surface area contributed by atoms with E-state index in [0.717, 1.165) is 5.56 Å². The number of benzene rings is 4. The van der Waals surface area contributed by atoms with E-state index in [4.69, 9.17) is 18.9 Å². The van der Waals surface area contributed by atoms with Crippen molar-refractivity contribution in [2.24, 2.45) is 5.10 Å². The molecule has 198 valence electrons. The minimum atomic E-state index is -0.524. The number of esters is 1. The Kier molecular flexibility index (Phi) is 9.28. The summed E-state index contributed by atoms with van der Waals surface area (Å²) in [5, 5.41) is 4.04. The minimum Gasteiger partial charge on any atom is -0.497 e. The molecule has 0 saturated carbocycles.